The molecule has 1 rings (SSSR count). The summed E-state index contributed by atoms with van der Waals surface area (Å²) in [7, 11) is 0. The highest BCUT2D eigenvalue weighted by atomic mass is 16.4. The van der Waals surface area contributed by atoms with Crippen LogP contribution in [-0.4, -0.2) is 44.2 Å². The smallest absolute Gasteiger partial charge is 0.341 e. The second-order valence-electron chi connectivity index (χ2n) is 2.80. The zero-order valence-corrected chi connectivity index (χ0v) is 7.27. The second kappa shape index (κ2) is 4.07. The summed E-state index contributed by atoms with van der Waals surface area (Å²) in [6.07, 6.45) is -1.08. The number of nitrogens with zero attached hydrogens (tertiary/aromatic N) is 1. The lowest BCUT2D eigenvalue weighted by Crippen LogP contribution is -2.17. The Balaban J connectivity index is 2.92. The van der Waals surface area contributed by atoms with Gasteiger partial charge in [-0.3, -0.25) is 5.10 Å². The minimum absolute atomic E-state index is 0.0498. The number of nitrogens with two attached hydrogens (primary N) is 1. The molecule has 0 aromatic carbocycles. The van der Waals surface area contributed by atoms with Gasteiger partial charge in [0.1, 0.15) is 11.4 Å². The van der Waals surface area contributed by atoms with E-state index in [1.807, 2.05) is 0 Å². The van der Waals surface area contributed by atoms with Crippen molar-refractivity contribution in [2.24, 2.45) is 0 Å². The third-order valence-corrected chi connectivity index (χ3v) is 1.72. The molecule has 1 aromatic heterocycles. The normalized spacial score (nSPS) is 12.7. The first-order chi connectivity index (χ1) is 6.56. The van der Waals surface area contributed by atoms with E-state index in [-0.39, 0.29) is 23.5 Å². The highest BCUT2D eigenvalue weighted by Crippen LogP contribution is 2.14. The van der Waals surface area contributed by atoms with E-state index in [0.29, 0.717) is 0 Å². The van der Waals surface area contributed by atoms with Gasteiger partial charge < -0.3 is 21.1 Å². The first-order valence-electron chi connectivity index (χ1n) is 3.91. The van der Waals surface area contributed by atoms with Crippen LogP contribution in [0, 0.1) is 0 Å². The van der Waals surface area contributed by atoms with Crippen LogP contribution >= 0.6 is 0 Å². The molecule has 0 amide bonds. The number of aromatic nitrogens is 2. The Bertz CT molecular complexity index is 336. The standard InChI is InChI=1S/C7H11N3O4/c8-6-5(7(13)14)4(9-10-6)1-3(12)2-11/h3,11-12H,1-2H2,(H,13,14)(H3,8,9,10). The Kier molecular flexibility index (Phi) is 3.05. The fourth-order valence-corrected chi connectivity index (χ4v) is 1.07. The Morgan fingerprint density at radius 2 is 2.29 bits per heavy atom. The molecular formula is C7H11N3O4. The number of aromatic amines is 1. The zero-order valence-electron chi connectivity index (χ0n) is 7.27. The molecule has 1 heterocycles. The molecule has 0 aliphatic rings. The van der Waals surface area contributed by atoms with Crippen molar-refractivity contribution in [1.82, 2.24) is 10.2 Å². The minimum atomic E-state index is -1.21. The number of aliphatic hydroxyl groups excluding tert-OH is 2. The van der Waals surface area contributed by atoms with E-state index < -0.39 is 18.7 Å². The molecule has 0 saturated heterocycles. The van der Waals surface area contributed by atoms with Gasteiger partial charge in [-0.05, 0) is 0 Å². The molecule has 1 aromatic rings. The number of aromatic carboxylic acids is 1. The van der Waals surface area contributed by atoms with Crippen molar-refractivity contribution < 1.29 is 20.1 Å². The van der Waals surface area contributed by atoms with Gasteiger partial charge in [0, 0.05) is 6.42 Å². The van der Waals surface area contributed by atoms with Crippen LogP contribution < -0.4 is 5.73 Å². The number of carboxylic acids is 1. The summed E-state index contributed by atoms with van der Waals surface area (Å²) in [5, 5.41) is 32.3. The average Bonchev–Trinajstić information content (AvgIpc) is 2.46. The quantitative estimate of drug-likeness (QED) is 0.406. The Morgan fingerprint density at radius 1 is 1.64 bits per heavy atom. The van der Waals surface area contributed by atoms with Crippen LogP contribution in [0.2, 0.25) is 0 Å². The molecule has 0 aliphatic carbocycles. The van der Waals surface area contributed by atoms with Crippen molar-refractivity contribution >= 4 is 11.8 Å². The summed E-state index contributed by atoms with van der Waals surface area (Å²) in [4.78, 5) is 10.7. The van der Waals surface area contributed by atoms with Crippen molar-refractivity contribution in [2.75, 3.05) is 12.3 Å². The van der Waals surface area contributed by atoms with Gasteiger partial charge in [-0.2, -0.15) is 5.10 Å². The Labute approximate surface area is 79.2 Å². The number of carbonyl (C=O) groups is 1. The van der Waals surface area contributed by atoms with E-state index in [2.05, 4.69) is 10.2 Å². The monoisotopic (exact) mass is 201 g/mol. The summed E-state index contributed by atoms with van der Waals surface area (Å²) >= 11 is 0. The summed E-state index contributed by atoms with van der Waals surface area (Å²) in [6.45, 7) is -0.453. The predicted molar refractivity (Wildman–Crippen MR) is 46.8 cm³/mol. The number of nitrogen functional groups attached to an aromatic ring is 1. The molecule has 6 N–H and O–H groups in total. The van der Waals surface area contributed by atoms with Crippen molar-refractivity contribution in [3.05, 3.63) is 11.3 Å². The lowest BCUT2D eigenvalue weighted by molar-refractivity contribution is 0.0692. The molecule has 1 atom stereocenters. The number of anilines is 1. The van der Waals surface area contributed by atoms with Gasteiger partial charge in [-0.15, -0.1) is 0 Å². The van der Waals surface area contributed by atoms with Gasteiger partial charge in [0.05, 0.1) is 18.4 Å². The molecular weight excluding hydrogens is 190 g/mol. The molecule has 1 unspecified atom stereocenters. The Hall–Kier alpha value is -1.60. The van der Waals surface area contributed by atoms with Gasteiger partial charge in [-0.25, -0.2) is 4.79 Å². The van der Waals surface area contributed by atoms with Gasteiger partial charge in [0.25, 0.3) is 0 Å². The molecule has 0 fully saturated rings. The fourth-order valence-electron chi connectivity index (χ4n) is 1.07. The van der Waals surface area contributed by atoms with Crippen LogP contribution in [0.4, 0.5) is 5.82 Å². The highest BCUT2D eigenvalue weighted by molar-refractivity contribution is 5.93. The summed E-state index contributed by atoms with van der Waals surface area (Å²) in [5.74, 6) is -1.27. The maximum absolute atomic E-state index is 10.7. The van der Waals surface area contributed by atoms with Crippen molar-refractivity contribution in [3.63, 3.8) is 0 Å². The first-order valence-corrected chi connectivity index (χ1v) is 3.91. The number of rotatable bonds is 4. The molecule has 0 spiro atoms. The third kappa shape index (κ3) is 2.01. The van der Waals surface area contributed by atoms with Gasteiger partial charge >= 0.3 is 5.97 Å². The summed E-state index contributed by atoms with van der Waals surface area (Å²) in [6, 6.07) is 0. The predicted octanol–water partition coefficient (Wildman–Crippen LogP) is -1.41. The largest absolute Gasteiger partial charge is 0.477 e. The van der Waals surface area contributed by atoms with E-state index in [1.54, 1.807) is 0 Å². The highest BCUT2D eigenvalue weighted by Gasteiger charge is 2.19. The van der Waals surface area contributed by atoms with Crippen molar-refractivity contribution in [2.45, 2.75) is 12.5 Å². The van der Waals surface area contributed by atoms with Gasteiger partial charge in [0.2, 0.25) is 0 Å². The second-order valence-corrected chi connectivity index (χ2v) is 2.80. The van der Waals surface area contributed by atoms with E-state index in [9.17, 15) is 4.79 Å². The van der Waals surface area contributed by atoms with E-state index in [0.717, 1.165) is 0 Å². The van der Waals surface area contributed by atoms with Crippen LogP contribution in [0.15, 0.2) is 0 Å². The molecule has 0 bridgehead atoms. The molecule has 7 nitrogen and oxygen atoms in total. The summed E-state index contributed by atoms with van der Waals surface area (Å²) in [5.41, 5.74) is 5.30. The third-order valence-electron chi connectivity index (χ3n) is 1.72. The van der Waals surface area contributed by atoms with Crippen molar-refractivity contribution in [3.8, 4) is 0 Å². The number of hydrogen-bond donors (Lipinski definition) is 5. The van der Waals surface area contributed by atoms with E-state index in [1.165, 1.54) is 0 Å². The topological polar surface area (TPSA) is 132 Å². The lowest BCUT2D eigenvalue weighted by atomic mass is 10.1. The summed E-state index contributed by atoms with van der Waals surface area (Å²) < 4.78 is 0. The van der Waals surface area contributed by atoms with Gasteiger partial charge in [0.15, 0.2) is 0 Å². The SMILES string of the molecule is Nc1[nH]nc(CC(O)CO)c1C(=O)O. The van der Waals surface area contributed by atoms with E-state index in [4.69, 9.17) is 21.1 Å². The molecule has 7 heteroatoms. The molecule has 0 aliphatic heterocycles. The van der Waals surface area contributed by atoms with Crippen LogP contribution in [0.1, 0.15) is 16.1 Å². The number of nitrogens with one attached hydrogen (secondary N) is 1. The number of hydrogen-bond acceptors (Lipinski definition) is 5. The van der Waals surface area contributed by atoms with E-state index >= 15 is 0 Å². The van der Waals surface area contributed by atoms with Crippen LogP contribution in [0.3, 0.4) is 0 Å². The first kappa shape index (κ1) is 10.5. The van der Waals surface area contributed by atoms with Crippen LogP contribution in [-0.2, 0) is 6.42 Å². The molecule has 0 saturated carbocycles. The average molecular weight is 201 g/mol. The minimum Gasteiger partial charge on any atom is -0.477 e. The van der Waals surface area contributed by atoms with Crippen LogP contribution in [0.5, 0.6) is 0 Å². The van der Waals surface area contributed by atoms with Crippen molar-refractivity contribution in [1.29, 1.82) is 0 Å². The zero-order chi connectivity index (χ0) is 10.7. The maximum atomic E-state index is 10.7. The lowest BCUT2D eigenvalue weighted by Gasteiger charge is -2.04. The maximum Gasteiger partial charge on any atom is 0.341 e. The van der Waals surface area contributed by atoms with Gasteiger partial charge in [-0.1, -0.05) is 0 Å². The molecule has 78 valence electrons. The Morgan fingerprint density at radius 3 is 2.79 bits per heavy atom. The number of H-pyrrole nitrogens is 1. The fraction of sp³-hybridized carbons (Fsp3) is 0.429. The number of aliphatic hydroxyl groups is 2. The molecule has 14 heavy (non-hydrogen) atoms. The molecule has 0 radical (unpaired) electrons. The number of carboxylic acid groups (broad SMARTS) is 1. The van der Waals surface area contributed by atoms with Crippen LogP contribution in [0.25, 0.3) is 0 Å².